The molecule has 1 aromatic carbocycles. The van der Waals surface area contributed by atoms with Crippen LogP contribution in [0.4, 0.5) is 10.2 Å². The van der Waals surface area contributed by atoms with E-state index in [1.54, 1.807) is 30.9 Å². The highest BCUT2D eigenvalue weighted by molar-refractivity contribution is 6.32. The summed E-state index contributed by atoms with van der Waals surface area (Å²) in [6, 6.07) is 4.38. The number of anilines is 1. The van der Waals surface area contributed by atoms with Crippen LogP contribution in [-0.2, 0) is 0 Å². The first kappa shape index (κ1) is 24.1. The molecule has 1 saturated heterocycles. The molecular weight excluding hydrogens is 461 g/mol. The fourth-order valence-electron chi connectivity index (χ4n) is 4.46. The molecule has 1 unspecified atom stereocenters. The lowest BCUT2D eigenvalue weighted by atomic mass is 9.88. The Morgan fingerprint density at radius 3 is 2.62 bits per heavy atom. The Labute approximate surface area is 201 Å². The van der Waals surface area contributed by atoms with E-state index in [1.165, 1.54) is 12.3 Å². The number of carbonyl (C=O) groups excluding carboxylic acids is 1. The predicted molar refractivity (Wildman–Crippen MR) is 129 cm³/mol. The topological polar surface area (TPSA) is 111 Å². The van der Waals surface area contributed by atoms with Gasteiger partial charge in [0.15, 0.2) is 5.82 Å². The molecule has 180 valence electrons. The quantitative estimate of drug-likeness (QED) is 0.517. The van der Waals surface area contributed by atoms with E-state index in [9.17, 15) is 19.1 Å². The normalized spacial score (nSPS) is 21.5. The fraction of sp³-hybridized carbons (Fsp3) is 0.417. The number of aliphatic hydroxyl groups excluding tert-OH is 1. The molecule has 1 amide bonds. The van der Waals surface area contributed by atoms with Gasteiger partial charge in [-0.1, -0.05) is 25.4 Å². The average molecular weight is 488 g/mol. The van der Waals surface area contributed by atoms with Crippen LogP contribution in [0, 0.1) is 24.6 Å². The summed E-state index contributed by atoms with van der Waals surface area (Å²) in [5, 5.41) is 13.3. The summed E-state index contributed by atoms with van der Waals surface area (Å²) in [7, 11) is 0. The minimum Gasteiger partial charge on any atom is -0.392 e. The molecule has 3 heterocycles. The van der Waals surface area contributed by atoms with Gasteiger partial charge in [-0.3, -0.25) is 9.59 Å². The van der Waals surface area contributed by atoms with E-state index in [2.05, 4.69) is 20.3 Å². The van der Waals surface area contributed by atoms with E-state index in [-0.39, 0.29) is 33.7 Å². The Bertz CT molecular complexity index is 1280. The maximum atomic E-state index is 14.9. The molecule has 0 radical (unpaired) electrons. The third-order valence-electron chi connectivity index (χ3n) is 6.34. The van der Waals surface area contributed by atoms with Crippen LogP contribution in [0.3, 0.4) is 0 Å². The number of hydrogen-bond acceptors (Lipinski definition) is 6. The molecule has 0 bridgehead atoms. The molecule has 34 heavy (non-hydrogen) atoms. The Morgan fingerprint density at radius 2 is 2.00 bits per heavy atom. The van der Waals surface area contributed by atoms with Gasteiger partial charge in [-0.15, -0.1) is 0 Å². The van der Waals surface area contributed by atoms with Gasteiger partial charge >= 0.3 is 0 Å². The third-order valence-corrected chi connectivity index (χ3v) is 6.72. The van der Waals surface area contributed by atoms with Crippen molar-refractivity contribution in [3.63, 3.8) is 0 Å². The molecule has 0 aliphatic carbocycles. The van der Waals surface area contributed by atoms with Crippen molar-refractivity contribution in [3.8, 4) is 0 Å². The van der Waals surface area contributed by atoms with Gasteiger partial charge in [-0.2, -0.15) is 0 Å². The first-order valence-corrected chi connectivity index (χ1v) is 11.5. The van der Waals surface area contributed by atoms with Gasteiger partial charge < -0.3 is 20.3 Å². The van der Waals surface area contributed by atoms with Gasteiger partial charge in [-0.05, 0) is 49.4 Å². The van der Waals surface area contributed by atoms with Crippen molar-refractivity contribution in [1.82, 2.24) is 19.9 Å². The van der Waals surface area contributed by atoms with Gasteiger partial charge in [0.25, 0.3) is 11.5 Å². The number of aryl methyl sites for hydroxylation is 1. The summed E-state index contributed by atoms with van der Waals surface area (Å²) in [4.78, 5) is 37.9. The van der Waals surface area contributed by atoms with Crippen LogP contribution < -0.4 is 10.9 Å². The lowest BCUT2D eigenvalue weighted by Crippen LogP contribution is -2.49. The minimum absolute atomic E-state index is 0.000831. The van der Waals surface area contributed by atoms with Crippen LogP contribution in [0.15, 0.2) is 29.2 Å². The average Bonchev–Trinajstić information content (AvgIpc) is 2.79. The summed E-state index contributed by atoms with van der Waals surface area (Å²) in [6.07, 6.45) is 1.06. The van der Waals surface area contributed by atoms with Crippen molar-refractivity contribution in [3.05, 3.63) is 62.5 Å². The number of likely N-dealkylation sites (tertiary alicyclic amines) is 1. The van der Waals surface area contributed by atoms with Crippen molar-refractivity contribution < 1.29 is 14.3 Å². The van der Waals surface area contributed by atoms with Gasteiger partial charge in [0, 0.05) is 19.3 Å². The van der Waals surface area contributed by atoms with Gasteiger partial charge in [0.1, 0.15) is 17.2 Å². The second kappa shape index (κ2) is 9.31. The number of carbonyl (C=O) groups is 1. The van der Waals surface area contributed by atoms with E-state index >= 15 is 0 Å². The number of benzene rings is 1. The Morgan fingerprint density at radius 1 is 1.32 bits per heavy atom. The zero-order chi connectivity index (χ0) is 24.7. The number of nitrogens with one attached hydrogen (secondary N) is 2. The van der Waals surface area contributed by atoms with E-state index in [0.29, 0.717) is 35.9 Å². The van der Waals surface area contributed by atoms with Crippen LogP contribution in [0.25, 0.3) is 10.9 Å². The lowest BCUT2D eigenvalue weighted by Gasteiger charge is -2.38. The fourth-order valence-corrected chi connectivity index (χ4v) is 4.77. The van der Waals surface area contributed by atoms with E-state index in [0.717, 1.165) is 0 Å². The van der Waals surface area contributed by atoms with Gasteiger partial charge in [0.2, 0.25) is 0 Å². The number of aromatic nitrogens is 3. The summed E-state index contributed by atoms with van der Waals surface area (Å²) in [5.41, 5.74) is 0.315. The summed E-state index contributed by atoms with van der Waals surface area (Å²) >= 11 is 6.27. The Balaban J connectivity index is 1.53. The zero-order valence-electron chi connectivity index (χ0n) is 19.4. The first-order chi connectivity index (χ1) is 16.1. The number of hydrogen-bond donors (Lipinski definition) is 3. The molecule has 10 heteroatoms. The molecule has 1 fully saturated rings. The molecule has 1 aliphatic rings. The number of halogens is 2. The summed E-state index contributed by atoms with van der Waals surface area (Å²) < 4.78 is 14.9. The molecule has 0 spiro atoms. The second-order valence-corrected chi connectivity index (χ2v) is 9.47. The summed E-state index contributed by atoms with van der Waals surface area (Å²) in [6.45, 7) is 8.17. The molecular formula is C24H27ClFN5O3. The highest BCUT2D eigenvalue weighted by Crippen LogP contribution is 2.32. The molecule has 3 aromatic rings. The van der Waals surface area contributed by atoms with Crippen molar-refractivity contribution in [2.75, 3.05) is 18.4 Å². The molecule has 2 aromatic heterocycles. The Kier molecular flexibility index (Phi) is 6.60. The van der Waals surface area contributed by atoms with Crippen LogP contribution in [-0.4, -0.2) is 50.1 Å². The monoisotopic (exact) mass is 487 g/mol. The number of aromatic amines is 1. The maximum absolute atomic E-state index is 14.9. The van der Waals surface area contributed by atoms with Crippen molar-refractivity contribution >= 4 is 34.2 Å². The number of rotatable bonds is 4. The number of piperidine rings is 1. The number of aliphatic hydroxyl groups is 1. The number of H-pyrrole nitrogens is 1. The van der Waals surface area contributed by atoms with E-state index < -0.39 is 23.5 Å². The highest BCUT2D eigenvalue weighted by atomic mass is 35.5. The SMILES string of the molecule is Cc1nc2c(F)c(Cl)c([C@H](C)Nc3ccc(C(=O)N4C[C@@H](C)C(O)[C@@H](C)C4)cn3)cc2c(=O)[nH]1. The largest absolute Gasteiger partial charge is 0.392 e. The van der Waals surface area contributed by atoms with Crippen LogP contribution in [0.1, 0.15) is 48.6 Å². The van der Waals surface area contributed by atoms with Gasteiger partial charge in [-0.25, -0.2) is 14.4 Å². The second-order valence-electron chi connectivity index (χ2n) is 9.09. The number of nitrogens with zero attached hydrogens (tertiary/aromatic N) is 3. The first-order valence-electron chi connectivity index (χ1n) is 11.1. The molecule has 8 nitrogen and oxygen atoms in total. The smallest absolute Gasteiger partial charge is 0.258 e. The van der Waals surface area contributed by atoms with Crippen molar-refractivity contribution in [2.24, 2.45) is 11.8 Å². The highest BCUT2D eigenvalue weighted by Gasteiger charge is 2.33. The van der Waals surface area contributed by atoms with Crippen LogP contribution in [0.2, 0.25) is 5.02 Å². The zero-order valence-corrected chi connectivity index (χ0v) is 20.2. The van der Waals surface area contributed by atoms with E-state index in [1.807, 2.05) is 13.8 Å². The minimum atomic E-state index is -0.749. The number of pyridine rings is 1. The third kappa shape index (κ3) is 4.50. The molecule has 0 saturated carbocycles. The molecule has 3 N–H and O–H groups in total. The number of amides is 1. The molecule has 4 atom stereocenters. The predicted octanol–water partition coefficient (Wildman–Crippen LogP) is 3.68. The van der Waals surface area contributed by atoms with Crippen molar-refractivity contribution in [1.29, 1.82) is 0 Å². The standard InChI is InChI=1S/C24H27ClFN5O3/c1-11-9-31(10-12(2)22(11)32)24(34)15-5-6-18(27-8-15)28-13(3)16-7-17-21(20(26)19(16)25)29-14(4)30-23(17)33/h5-8,11-13,22,32H,9-10H2,1-4H3,(H,27,28)(H,29,30,33)/t11-,12+,13-,22?/m0/s1. The molecule has 4 rings (SSSR count). The van der Waals surface area contributed by atoms with Crippen molar-refractivity contribution in [2.45, 2.75) is 39.8 Å². The van der Waals surface area contributed by atoms with Crippen LogP contribution >= 0.6 is 11.6 Å². The maximum Gasteiger partial charge on any atom is 0.258 e. The number of fused-ring (bicyclic) bond motifs is 1. The van der Waals surface area contributed by atoms with E-state index in [4.69, 9.17) is 11.6 Å². The Hall–Kier alpha value is -3.04. The lowest BCUT2D eigenvalue weighted by molar-refractivity contribution is -0.00352. The molecule has 1 aliphatic heterocycles. The van der Waals surface area contributed by atoms with Crippen LogP contribution in [0.5, 0.6) is 0 Å². The van der Waals surface area contributed by atoms with Gasteiger partial charge in [0.05, 0.1) is 28.1 Å². The summed E-state index contributed by atoms with van der Waals surface area (Å²) in [5.74, 6) is -0.121.